The van der Waals surface area contributed by atoms with Crippen LogP contribution in [0.2, 0.25) is 0 Å². The summed E-state index contributed by atoms with van der Waals surface area (Å²) in [7, 11) is 0. The second kappa shape index (κ2) is 11.9. The molecule has 0 fully saturated rings. The van der Waals surface area contributed by atoms with Gasteiger partial charge in [0.2, 0.25) is 0 Å². The van der Waals surface area contributed by atoms with E-state index < -0.39 is 5.97 Å². The Morgan fingerprint density at radius 2 is 2.00 bits per heavy atom. The molecule has 0 aromatic carbocycles. The lowest BCUT2D eigenvalue weighted by atomic mass is 10.0. The van der Waals surface area contributed by atoms with E-state index in [4.69, 9.17) is 14.6 Å². The Labute approximate surface area is 123 Å². The lowest BCUT2D eigenvalue weighted by Gasteiger charge is -2.19. The summed E-state index contributed by atoms with van der Waals surface area (Å²) in [5, 5.41) is 8.70. The summed E-state index contributed by atoms with van der Waals surface area (Å²) in [6.07, 6.45) is 6.84. The smallest absolute Gasteiger partial charge is 0.330 e. The Hall–Kier alpha value is -0.870. The van der Waals surface area contributed by atoms with Crippen LogP contribution in [-0.4, -0.2) is 30.6 Å². The van der Waals surface area contributed by atoms with Crippen molar-refractivity contribution < 1.29 is 19.4 Å². The molecule has 0 aliphatic heterocycles. The molecule has 0 bridgehead atoms. The molecule has 0 saturated heterocycles. The van der Waals surface area contributed by atoms with E-state index in [2.05, 4.69) is 13.8 Å². The van der Waals surface area contributed by atoms with Crippen molar-refractivity contribution in [1.82, 2.24) is 0 Å². The first kappa shape index (κ1) is 19.1. The summed E-state index contributed by atoms with van der Waals surface area (Å²) in [6.45, 7) is 9.09. The summed E-state index contributed by atoms with van der Waals surface area (Å²) in [6, 6.07) is 0. The second-order valence-corrected chi connectivity index (χ2v) is 5.17. The van der Waals surface area contributed by atoms with Crippen molar-refractivity contribution in [1.29, 1.82) is 0 Å². The molecule has 2 unspecified atom stereocenters. The zero-order valence-corrected chi connectivity index (χ0v) is 13.4. The molecule has 0 rings (SSSR count). The fraction of sp³-hybridized carbons (Fsp3) is 0.812. The molecule has 1 N–H and O–H groups in total. The molecular weight excluding hydrogens is 256 g/mol. The number of unbranched alkanes of at least 4 members (excludes halogenated alkanes) is 1. The van der Waals surface area contributed by atoms with Gasteiger partial charge in [-0.05, 0) is 32.6 Å². The molecule has 0 aromatic heterocycles. The van der Waals surface area contributed by atoms with Crippen LogP contribution in [-0.2, 0) is 14.3 Å². The van der Waals surface area contributed by atoms with Crippen LogP contribution < -0.4 is 0 Å². The number of hydrogen-bond acceptors (Lipinski definition) is 3. The van der Waals surface area contributed by atoms with Crippen molar-refractivity contribution in [3.05, 3.63) is 11.6 Å². The topological polar surface area (TPSA) is 55.8 Å². The average molecular weight is 286 g/mol. The monoisotopic (exact) mass is 286 g/mol. The molecular formula is C16H30O4. The van der Waals surface area contributed by atoms with Gasteiger partial charge in [-0.25, -0.2) is 4.79 Å². The van der Waals surface area contributed by atoms with Gasteiger partial charge in [0.05, 0.1) is 13.2 Å². The van der Waals surface area contributed by atoms with Crippen molar-refractivity contribution in [3.8, 4) is 0 Å². The third-order valence-electron chi connectivity index (χ3n) is 3.37. The first-order chi connectivity index (χ1) is 9.51. The van der Waals surface area contributed by atoms with Gasteiger partial charge in [0.25, 0.3) is 0 Å². The van der Waals surface area contributed by atoms with E-state index in [1.165, 1.54) is 19.3 Å². The lowest BCUT2D eigenvalue weighted by Crippen LogP contribution is -2.18. The first-order valence-electron chi connectivity index (χ1n) is 7.64. The maximum atomic E-state index is 10.6. The molecule has 0 radical (unpaired) electrons. The number of ether oxygens (including phenoxy) is 2. The van der Waals surface area contributed by atoms with Crippen LogP contribution in [0.5, 0.6) is 0 Å². The summed E-state index contributed by atoms with van der Waals surface area (Å²) in [5.74, 6) is -0.272. The van der Waals surface area contributed by atoms with Gasteiger partial charge in [-0.3, -0.25) is 0 Å². The fourth-order valence-electron chi connectivity index (χ4n) is 1.81. The summed E-state index contributed by atoms with van der Waals surface area (Å²) >= 11 is 0. The Balaban J connectivity index is 3.74. The maximum Gasteiger partial charge on any atom is 0.330 e. The molecule has 2 atom stereocenters. The van der Waals surface area contributed by atoms with Gasteiger partial charge in [-0.15, -0.1) is 0 Å². The summed E-state index contributed by atoms with van der Waals surface area (Å²) in [4.78, 5) is 10.6. The highest BCUT2D eigenvalue weighted by Crippen LogP contribution is 2.14. The van der Waals surface area contributed by atoms with Crippen molar-refractivity contribution in [3.63, 3.8) is 0 Å². The van der Waals surface area contributed by atoms with Crippen molar-refractivity contribution in [2.24, 2.45) is 5.92 Å². The van der Waals surface area contributed by atoms with Gasteiger partial charge in [-0.2, -0.15) is 0 Å². The predicted octanol–water partition coefficient (Wildman–Crippen LogP) is 4.00. The predicted molar refractivity (Wildman–Crippen MR) is 80.7 cm³/mol. The zero-order chi connectivity index (χ0) is 15.4. The van der Waals surface area contributed by atoms with Gasteiger partial charge in [0.15, 0.2) is 6.29 Å². The van der Waals surface area contributed by atoms with E-state index >= 15 is 0 Å². The third kappa shape index (κ3) is 9.98. The highest BCUT2D eigenvalue weighted by Gasteiger charge is 2.09. The second-order valence-electron chi connectivity index (χ2n) is 5.17. The number of aliphatic carboxylic acids is 1. The van der Waals surface area contributed by atoms with Crippen LogP contribution in [0.4, 0.5) is 0 Å². The quantitative estimate of drug-likeness (QED) is 0.335. The number of hydrogen-bond donors (Lipinski definition) is 1. The van der Waals surface area contributed by atoms with E-state index in [1.807, 2.05) is 6.92 Å². The zero-order valence-electron chi connectivity index (χ0n) is 13.4. The van der Waals surface area contributed by atoms with Crippen LogP contribution in [0.1, 0.15) is 59.8 Å². The molecule has 0 aliphatic rings. The Kier molecular flexibility index (Phi) is 11.4. The van der Waals surface area contributed by atoms with Gasteiger partial charge in [0, 0.05) is 5.57 Å². The van der Waals surface area contributed by atoms with Gasteiger partial charge in [-0.1, -0.05) is 39.2 Å². The van der Waals surface area contributed by atoms with Crippen LogP contribution in [0.15, 0.2) is 11.6 Å². The lowest BCUT2D eigenvalue weighted by molar-refractivity contribution is -0.138. The standard InChI is InChI=1S/C16H30O4/c1-5-7-10-15(6-2)12-20-14(4)19-11-8-9-13(3)16(17)18/h9,14-15H,5-8,10-12H2,1-4H3,(H,17,18). The largest absolute Gasteiger partial charge is 0.478 e. The van der Waals surface area contributed by atoms with Gasteiger partial charge < -0.3 is 14.6 Å². The third-order valence-corrected chi connectivity index (χ3v) is 3.37. The Morgan fingerprint density at radius 3 is 2.55 bits per heavy atom. The van der Waals surface area contributed by atoms with E-state index in [1.54, 1.807) is 13.0 Å². The van der Waals surface area contributed by atoms with Gasteiger partial charge in [0.1, 0.15) is 0 Å². The average Bonchev–Trinajstić information content (AvgIpc) is 2.43. The van der Waals surface area contributed by atoms with Crippen molar-refractivity contribution >= 4 is 5.97 Å². The van der Waals surface area contributed by atoms with E-state index in [-0.39, 0.29) is 6.29 Å². The molecule has 4 heteroatoms. The highest BCUT2D eigenvalue weighted by atomic mass is 16.7. The Bertz CT molecular complexity index is 286. The molecule has 0 amide bonds. The molecule has 0 heterocycles. The molecule has 0 aromatic rings. The summed E-state index contributed by atoms with van der Waals surface area (Å²) in [5.41, 5.74) is 0.354. The highest BCUT2D eigenvalue weighted by molar-refractivity contribution is 5.85. The van der Waals surface area contributed by atoms with Crippen molar-refractivity contribution in [2.75, 3.05) is 13.2 Å². The minimum absolute atomic E-state index is 0.232. The normalized spacial score (nSPS) is 15.1. The molecule has 118 valence electrons. The molecule has 0 aliphatic carbocycles. The van der Waals surface area contributed by atoms with Crippen molar-refractivity contribution in [2.45, 2.75) is 66.1 Å². The minimum Gasteiger partial charge on any atom is -0.478 e. The fourth-order valence-corrected chi connectivity index (χ4v) is 1.81. The van der Waals surface area contributed by atoms with Crippen LogP contribution in [0.3, 0.4) is 0 Å². The van der Waals surface area contributed by atoms with Crippen LogP contribution >= 0.6 is 0 Å². The van der Waals surface area contributed by atoms with E-state index in [0.717, 1.165) is 13.0 Å². The molecule has 20 heavy (non-hydrogen) atoms. The number of carboxylic acids is 1. The van der Waals surface area contributed by atoms with E-state index in [9.17, 15) is 4.79 Å². The minimum atomic E-state index is -0.879. The number of carbonyl (C=O) groups is 1. The maximum absolute atomic E-state index is 10.6. The Morgan fingerprint density at radius 1 is 1.30 bits per heavy atom. The molecule has 0 spiro atoms. The molecule has 4 nitrogen and oxygen atoms in total. The molecule has 0 saturated carbocycles. The summed E-state index contributed by atoms with van der Waals surface area (Å²) < 4.78 is 11.2. The van der Waals surface area contributed by atoms with Gasteiger partial charge >= 0.3 is 5.97 Å². The SMILES string of the molecule is CCCCC(CC)COC(C)OCCC=C(C)C(=O)O. The van der Waals surface area contributed by atoms with E-state index in [0.29, 0.717) is 24.5 Å². The first-order valence-corrected chi connectivity index (χ1v) is 7.64. The van der Waals surface area contributed by atoms with Crippen LogP contribution in [0.25, 0.3) is 0 Å². The number of carboxylic acid groups (broad SMARTS) is 1. The van der Waals surface area contributed by atoms with Crippen LogP contribution in [0, 0.1) is 5.92 Å². The number of rotatable bonds is 12.